The minimum absolute atomic E-state index is 0.0972. The minimum Gasteiger partial charge on any atom is -0.491 e. The fourth-order valence-corrected chi connectivity index (χ4v) is 4.30. The summed E-state index contributed by atoms with van der Waals surface area (Å²) in [5, 5.41) is 4.75. The lowest BCUT2D eigenvalue weighted by molar-refractivity contribution is -0.113. The predicted molar refractivity (Wildman–Crippen MR) is 127 cm³/mol. The highest BCUT2D eigenvalue weighted by Crippen LogP contribution is 2.27. The molecule has 0 atom stereocenters. The summed E-state index contributed by atoms with van der Waals surface area (Å²) in [5.74, 6) is 1.61. The SMILES string of the molecule is CCCOc1ccccc1NC(=O)CSc1nc(CN2CCOCC2)nc2ccccc12. The first-order valence-corrected chi connectivity index (χ1v) is 11.9. The van der Waals surface area contributed by atoms with E-state index in [0.29, 0.717) is 24.6 Å². The molecule has 0 unspecified atom stereocenters. The second-order valence-corrected chi connectivity index (χ2v) is 8.50. The number of carbonyl (C=O) groups is 1. The van der Waals surface area contributed by atoms with Gasteiger partial charge in [-0.1, -0.05) is 49.0 Å². The molecule has 0 bridgehead atoms. The topological polar surface area (TPSA) is 76.6 Å². The number of aromatic nitrogens is 2. The van der Waals surface area contributed by atoms with Gasteiger partial charge in [0.2, 0.25) is 5.91 Å². The van der Waals surface area contributed by atoms with Crippen molar-refractivity contribution < 1.29 is 14.3 Å². The molecule has 1 N–H and O–H groups in total. The molecule has 1 saturated heterocycles. The molecule has 168 valence electrons. The average Bonchev–Trinajstić information content (AvgIpc) is 2.82. The summed E-state index contributed by atoms with van der Waals surface area (Å²) in [7, 11) is 0. The van der Waals surface area contributed by atoms with Crippen molar-refractivity contribution in [2.45, 2.75) is 24.9 Å². The Hall–Kier alpha value is -2.68. The third kappa shape index (κ3) is 5.97. The highest BCUT2D eigenvalue weighted by Gasteiger charge is 2.16. The Labute approximate surface area is 192 Å². The molecule has 4 rings (SSSR count). The van der Waals surface area contributed by atoms with E-state index in [1.54, 1.807) is 0 Å². The number of amides is 1. The normalized spacial score (nSPS) is 14.4. The molecule has 7 nitrogen and oxygen atoms in total. The van der Waals surface area contributed by atoms with E-state index in [4.69, 9.17) is 19.4 Å². The summed E-state index contributed by atoms with van der Waals surface area (Å²) >= 11 is 1.43. The monoisotopic (exact) mass is 452 g/mol. The number of para-hydroxylation sites is 3. The zero-order valence-corrected chi connectivity index (χ0v) is 19.1. The molecule has 0 spiro atoms. The van der Waals surface area contributed by atoms with Crippen molar-refractivity contribution in [3.05, 3.63) is 54.4 Å². The Morgan fingerprint density at radius 1 is 1.12 bits per heavy atom. The molecule has 2 heterocycles. The fraction of sp³-hybridized carbons (Fsp3) is 0.375. The number of hydrogen-bond acceptors (Lipinski definition) is 7. The average molecular weight is 453 g/mol. The van der Waals surface area contributed by atoms with E-state index in [9.17, 15) is 4.79 Å². The van der Waals surface area contributed by atoms with Crippen molar-refractivity contribution in [2.24, 2.45) is 0 Å². The van der Waals surface area contributed by atoms with Crippen molar-refractivity contribution in [1.29, 1.82) is 0 Å². The molecule has 2 aromatic carbocycles. The maximum Gasteiger partial charge on any atom is 0.234 e. The van der Waals surface area contributed by atoms with Crippen molar-refractivity contribution in [3.63, 3.8) is 0 Å². The zero-order chi connectivity index (χ0) is 22.2. The summed E-state index contributed by atoms with van der Waals surface area (Å²) in [6.45, 7) is 6.56. The summed E-state index contributed by atoms with van der Waals surface area (Å²) in [6.07, 6.45) is 0.908. The number of anilines is 1. The van der Waals surface area contributed by atoms with Gasteiger partial charge in [-0.15, -0.1) is 0 Å². The Morgan fingerprint density at radius 2 is 1.91 bits per heavy atom. The van der Waals surface area contributed by atoms with Gasteiger partial charge in [0, 0.05) is 18.5 Å². The number of morpholine rings is 1. The lowest BCUT2D eigenvalue weighted by Gasteiger charge is -2.25. The van der Waals surface area contributed by atoms with Crippen LogP contribution in [0, 0.1) is 0 Å². The van der Waals surface area contributed by atoms with E-state index < -0.39 is 0 Å². The first kappa shape index (κ1) is 22.5. The number of rotatable bonds is 9. The number of ether oxygens (including phenoxy) is 2. The molecule has 0 saturated carbocycles. The van der Waals surface area contributed by atoms with E-state index >= 15 is 0 Å². The van der Waals surface area contributed by atoms with Crippen LogP contribution in [0.15, 0.2) is 53.6 Å². The van der Waals surface area contributed by atoms with Crippen molar-refractivity contribution >= 4 is 34.3 Å². The number of nitrogens with zero attached hydrogens (tertiary/aromatic N) is 3. The van der Waals surface area contributed by atoms with E-state index in [0.717, 1.165) is 54.5 Å². The maximum absolute atomic E-state index is 12.7. The molecule has 8 heteroatoms. The molecule has 32 heavy (non-hydrogen) atoms. The van der Waals surface area contributed by atoms with Gasteiger partial charge in [-0.25, -0.2) is 9.97 Å². The summed E-state index contributed by atoms with van der Waals surface area (Å²) in [4.78, 5) is 24.5. The lowest BCUT2D eigenvalue weighted by atomic mass is 10.2. The molecule has 1 aromatic heterocycles. The lowest BCUT2D eigenvalue weighted by Crippen LogP contribution is -2.36. The van der Waals surface area contributed by atoms with Crippen LogP contribution in [0.25, 0.3) is 10.9 Å². The standard InChI is InChI=1S/C24H28N4O3S/c1-2-13-31-21-10-6-5-9-20(21)26-23(29)17-32-24-18-7-3-4-8-19(18)25-22(27-24)16-28-11-14-30-15-12-28/h3-10H,2,11-17H2,1H3,(H,26,29). The van der Waals surface area contributed by atoms with Gasteiger partial charge in [-0.05, 0) is 24.6 Å². The van der Waals surface area contributed by atoms with Crippen LogP contribution in [0.1, 0.15) is 19.2 Å². The molecule has 0 aliphatic carbocycles. The Bertz CT molecular complexity index is 1060. The van der Waals surface area contributed by atoms with Crippen LogP contribution in [-0.4, -0.2) is 59.4 Å². The van der Waals surface area contributed by atoms with Crippen molar-refractivity contribution in [1.82, 2.24) is 14.9 Å². The number of fused-ring (bicyclic) bond motifs is 1. The van der Waals surface area contributed by atoms with Crippen molar-refractivity contribution in [2.75, 3.05) is 44.0 Å². The number of benzene rings is 2. The molecule has 0 radical (unpaired) electrons. The van der Waals surface area contributed by atoms with Gasteiger partial charge in [0.1, 0.15) is 16.6 Å². The van der Waals surface area contributed by atoms with Crippen LogP contribution in [0.3, 0.4) is 0 Å². The van der Waals surface area contributed by atoms with Gasteiger partial charge in [0.25, 0.3) is 0 Å². The van der Waals surface area contributed by atoms with Gasteiger partial charge in [-0.2, -0.15) is 0 Å². The summed E-state index contributed by atoms with van der Waals surface area (Å²) < 4.78 is 11.2. The van der Waals surface area contributed by atoms with Gasteiger partial charge in [0.05, 0.1) is 43.3 Å². The van der Waals surface area contributed by atoms with Crippen LogP contribution in [0.2, 0.25) is 0 Å². The van der Waals surface area contributed by atoms with E-state index in [-0.39, 0.29) is 11.7 Å². The number of nitrogens with one attached hydrogen (secondary N) is 1. The number of hydrogen-bond donors (Lipinski definition) is 1. The summed E-state index contributed by atoms with van der Waals surface area (Å²) in [6, 6.07) is 15.5. The predicted octanol–water partition coefficient (Wildman–Crippen LogP) is 3.98. The second-order valence-electron chi connectivity index (χ2n) is 7.53. The third-order valence-corrected chi connectivity index (χ3v) is 6.04. The third-order valence-electron chi connectivity index (χ3n) is 5.05. The Morgan fingerprint density at radius 3 is 2.75 bits per heavy atom. The molecule has 1 aliphatic heterocycles. The fourth-order valence-electron chi connectivity index (χ4n) is 3.46. The van der Waals surface area contributed by atoms with Crippen LogP contribution in [0.5, 0.6) is 5.75 Å². The largest absolute Gasteiger partial charge is 0.491 e. The van der Waals surface area contributed by atoms with Crippen LogP contribution >= 0.6 is 11.8 Å². The molecule has 1 amide bonds. The molecule has 1 aliphatic rings. The summed E-state index contributed by atoms with van der Waals surface area (Å²) in [5.41, 5.74) is 1.58. The smallest absolute Gasteiger partial charge is 0.234 e. The first-order chi connectivity index (χ1) is 15.7. The molecular weight excluding hydrogens is 424 g/mol. The Kier molecular flexibility index (Phi) is 7.92. The maximum atomic E-state index is 12.7. The second kappa shape index (κ2) is 11.3. The van der Waals surface area contributed by atoms with Crippen LogP contribution in [0.4, 0.5) is 5.69 Å². The van der Waals surface area contributed by atoms with E-state index in [1.165, 1.54) is 11.8 Å². The quantitative estimate of drug-likeness (QED) is 0.389. The van der Waals surface area contributed by atoms with E-state index in [2.05, 4.69) is 17.1 Å². The van der Waals surface area contributed by atoms with Crippen LogP contribution < -0.4 is 10.1 Å². The number of thioether (sulfide) groups is 1. The molecule has 1 fully saturated rings. The molecular formula is C24H28N4O3S. The van der Waals surface area contributed by atoms with Crippen LogP contribution in [-0.2, 0) is 16.1 Å². The van der Waals surface area contributed by atoms with Gasteiger partial charge in [-0.3, -0.25) is 9.69 Å². The number of carbonyl (C=O) groups excluding carboxylic acids is 1. The first-order valence-electron chi connectivity index (χ1n) is 10.9. The van der Waals surface area contributed by atoms with Gasteiger partial charge in [0.15, 0.2) is 0 Å². The Balaban J connectivity index is 1.46. The minimum atomic E-state index is -0.0972. The van der Waals surface area contributed by atoms with Gasteiger partial charge >= 0.3 is 0 Å². The van der Waals surface area contributed by atoms with E-state index in [1.807, 2.05) is 48.5 Å². The highest BCUT2D eigenvalue weighted by molar-refractivity contribution is 8.00. The zero-order valence-electron chi connectivity index (χ0n) is 18.3. The van der Waals surface area contributed by atoms with Crippen molar-refractivity contribution in [3.8, 4) is 5.75 Å². The highest BCUT2D eigenvalue weighted by atomic mass is 32.2. The van der Waals surface area contributed by atoms with Gasteiger partial charge < -0.3 is 14.8 Å². The molecule has 3 aromatic rings.